The van der Waals surface area contributed by atoms with Gasteiger partial charge in [-0.25, -0.2) is 8.42 Å². The van der Waals surface area contributed by atoms with Crippen LogP contribution in [0.1, 0.15) is 18.6 Å². The number of carbonyl (C=O) groups excluding carboxylic acids is 2. The summed E-state index contributed by atoms with van der Waals surface area (Å²) in [5, 5.41) is 13.0. The van der Waals surface area contributed by atoms with Crippen LogP contribution in [0.15, 0.2) is 70.6 Å². The molecule has 9 heteroatoms. The highest BCUT2D eigenvalue weighted by atomic mass is 32.2. The van der Waals surface area contributed by atoms with Gasteiger partial charge < -0.3 is 15.3 Å². The third kappa shape index (κ3) is 4.25. The highest BCUT2D eigenvalue weighted by Crippen LogP contribution is 2.31. The predicted octanol–water partition coefficient (Wildman–Crippen LogP) is 1.52. The second-order valence-electron chi connectivity index (χ2n) is 7.69. The Kier molecular flexibility index (Phi) is 5.65. The number of hydrogen-bond donors (Lipinski definition) is 2. The van der Waals surface area contributed by atoms with Gasteiger partial charge in [-0.05, 0) is 41.0 Å². The average molecular weight is 442 g/mol. The van der Waals surface area contributed by atoms with Crippen LogP contribution in [-0.2, 0) is 19.6 Å². The fourth-order valence-electron chi connectivity index (χ4n) is 3.88. The van der Waals surface area contributed by atoms with Crippen molar-refractivity contribution in [2.24, 2.45) is 0 Å². The minimum atomic E-state index is -3.70. The van der Waals surface area contributed by atoms with Gasteiger partial charge in [0.25, 0.3) is 5.91 Å². The number of rotatable bonds is 5. The molecule has 0 fully saturated rings. The Morgan fingerprint density at radius 2 is 1.52 bits per heavy atom. The van der Waals surface area contributed by atoms with Gasteiger partial charge in [-0.2, -0.15) is 4.31 Å². The van der Waals surface area contributed by atoms with Crippen molar-refractivity contribution in [2.75, 3.05) is 31.5 Å². The second-order valence-corrected chi connectivity index (χ2v) is 9.63. The van der Waals surface area contributed by atoms with Crippen molar-refractivity contribution in [3.8, 4) is 0 Å². The molecule has 2 aromatic carbocycles. The van der Waals surface area contributed by atoms with Crippen LogP contribution in [0.4, 0.5) is 5.69 Å². The summed E-state index contributed by atoms with van der Waals surface area (Å²) in [4.78, 5) is 25.5. The van der Waals surface area contributed by atoms with E-state index in [1.165, 1.54) is 23.4 Å². The summed E-state index contributed by atoms with van der Waals surface area (Å²) < 4.78 is 27.4. The van der Waals surface area contributed by atoms with E-state index in [2.05, 4.69) is 5.32 Å². The molecule has 162 valence electrons. The lowest BCUT2D eigenvalue weighted by molar-refractivity contribution is -0.139. The first-order valence-corrected chi connectivity index (χ1v) is 11.3. The van der Waals surface area contributed by atoms with Gasteiger partial charge in [0.05, 0.1) is 4.90 Å². The molecule has 0 saturated carbocycles. The molecule has 2 aliphatic rings. The number of amides is 2. The van der Waals surface area contributed by atoms with Crippen LogP contribution in [0.2, 0.25) is 0 Å². The number of benzene rings is 2. The number of anilines is 1. The minimum Gasteiger partial charge on any atom is -0.378 e. The molecule has 2 N–H and O–H groups in total. The topological polar surface area (TPSA) is 107 Å². The molecule has 0 aliphatic carbocycles. The number of hydrogen-bond acceptors (Lipinski definition) is 5. The molecule has 1 atom stereocenters. The monoisotopic (exact) mass is 441 g/mol. The highest BCUT2D eigenvalue weighted by molar-refractivity contribution is 7.89. The van der Waals surface area contributed by atoms with Crippen molar-refractivity contribution in [3.05, 3.63) is 71.3 Å². The lowest BCUT2D eigenvalue weighted by Crippen LogP contribution is -2.38. The van der Waals surface area contributed by atoms with E-state index in [1.807, 2.05) is 6.07 Å². The van der Waals surface area contributed by atoms with E-state index >= 15 is 0 Å². The van der Waals surface area contributed by atoms with E-state index in [0.29, 0.717) is 24.3 Å². The predicted molar refractivity (Wildman–Crippen MR) is 115 cm³/mol. The summed E-state index contributed by atoms with van der Waals surface area (Å²) in [7, 11) is -3.70. The van der Waals surface area contributed by atoms with Crippen LogP contribution in [-0.4, -0.2) is 60.7 Å². The molecule has 2 heterocycles. The largest absolute Gasteiger partial charge is 0.378 e. The Morgan fingerprint density at radius 3 is 2.06 bits per heavy atom. The van der Waals surface area contributed by atoms with Crippen molar-refractivity contribution < 1.29 is 23.1 Å². The standard InChI is InChI=1S/C22H23N3O5S/c1-15(26)23-19-7-9-20(10-8-19)31(29,30)25-13-17-11-24(12-18(17)14-25)22(28)21(27)16-5-3-2-4-6-16/h2-10,21,27H,11-14H2,1H3,(H,23,26)/t21-/m1/s1. The van der Waals surface area contributed by atoms with E-state index in [1.54, 1.807) is 41.3 Å². The normalized spacial score (nSPS) is 17.5. The third-order valence-corrected chi connectivity index (χ3v) is 7.28. The van der Waals surface area contributed by atoms with Crippen molar-refractivity contribution in [2.45, 2.75) is 17.9 Å². The molecule has 0 bridgehead atoms. The molecule has 31 heavy (non-hydrogen) atoms. The zero-order valence-electron chi connectivity index (χ0n) is 17.0. The summed E-state index contributed by atoms with van der Waals surface area (Å²) in [6.45, 7) is 2.44. The van der Waals surface area contributed by atoms with Crippen molar-refractivity contribution in [1.29, 1.82) is 0 Å². The molecule has 8 nitrogen and oxygen atoms in total. The number of nitrogens with one attached hydrogen (secondary N) is 1. The van der Waals surface area contributed by atoms with Gasteiger partial charge in [-0.1, -0.05) is 30.3 Å². The molecular weight excluding hydrogens is 418 g/mol. The molecule has 4 rings (SSSR count). The number of carbonyl (C=O) groups is 2. The maximum Gasteiger partial charge on any atom is 0.256 e. The Morgan fingerprint density at radius 1 is 0.935 bits per heavy atom. The quantitative estimate of drug-likeness (QED) is 0.685. The summed E-state index contributed by atoms with van der Waals surface area (Å²) in [5.74, 6) is -0.615. The van der Waals surface area contributed by atoms with Gasteiger partial charge in [0.2, 0.25) is 15.9 Å². The molecule has 2 aromatic rings. The molecule has 0 unspecified atom stereocenters. The summed E-state index contributed by atoms with van der Waals surface area (Å²) in [6, 6.07) is 14.8. The molecule has 0 radical (unpaired) electrons. The van der Waals surface area contributed by atoms with Crippen LogP contribution >= 0.6 is 0 Å². The Bertz CT molecular complexity index is 1130. The van der Waals surface area contributed by atoms with Crippen LogP contribution in [0.5, 0.6) is 0 Å². The number of aliphatic hydroxyl groups is 1. The van der Waals surface area contributed by atoms with Crippen molar-refractivity contribution in [3.63, 3.8) is 0 Å². The van der Waals surface area contributed by atoms with Gasteiger partial charge in [-0.15, -0.1) is 0 Å². The number of nitrogens with zero attached hydrogens (tertiary/aromatic N) is 2. The van der Waals surface area contributed by atoms with Crippen LogP contribution in [0.3, 0.4) is 0 Å². The SMILES string of the molecule is CC(=O)Nc1ccc(S(=O)(=O)N2CC3=C(CN(C(=O)[C@H](O)c4ccccc4)C3)C2)cc1. The average Bonchev–Trinajstić information content (AvgIpc) is 3.33. The summed E-state index contributed by atoms with van der Waals surface area (Å²) in [6.07, 6.45) is -1.23. The summed E-state index contributed by atoms with van der Waals surface area (Å²) >= 11 is 0. The van der Waals surface area contributed by atoms with E-state index in [4.69, 9.17) is 0 Å². The maximum absolute atomic E-state index is 13.0. The molecule has 0 aromatic heterocycles. The fraction of sp³-hybridized carbons (Fsp3) is 0.273. The number of sulfonamides is 1. The lowest BCUT2D eigenvalue weighted by atomic mass is 10.1. The summed E-state index contributed by atoms with van der Waals surface area (Å²) in [5.41, 5.74) is 2.85. The van der Waals surface area contributed by atoms with Gasteiger partial charge in [-0.3, -0.25) is 9.59 Å². The van der Waals surface area contributed by atoms with Gasteiger partial charge in [0.15, 0.2) is 6.10 Å². The molecule has 0 saturated heterocycles. The zero-order valence-corrected chi connectivity index (χ0v) is 17.8. The van der Waals surface area contributed by atoms with E-state index < -0.39 is 16.1 Å². The second kappa shape index (κ2) is 8.26. The van der Waals surface area contributed by atoms with Gasteiger partial charge >= 0.3 is 0 Å². The molecule has 2 amide bonds. The minimum absolute atomic E-state index is 0.148. The van der Waals surface area contributed by atoms with Gasteiger partial charge in [0.1, 0.15) is 0 Å². The number of aliphatic hydroxyl groups excluding tert-OH is 1. The molecule has 2 aliphatic heterocycles. The molecular formula is C22H23N3O5S. The van der Waals surface area contributed by atoms with E-state index in [9.17, 15) is 23.1 Å². The third-order valence-electron chi connectivity index (χ3n) is 5.47. The Balaban J connectivity index is 1.40. The van der Waals surface area contributed by atoms with Gasteiger partial charge in [0, 0.05) is 38.8 Å². The van der Waals surface area contributed by atoms with Crippen molar-refractivity contribution in [1.82, 2.24) is 9.21 Å². The maximum atomic E-state index is 13.0. The van der Waals surface area contributed by atoms with E-state index in [0.717, 1.165) is 11.1 Å². The van der Waals surface area contributed by atoms with Crippen LogP contribution in [0.25, 0.3) is 0 Å². The zero-order chi connectivity index (χ0) is 22.2. The van der Waals surface area contributed by atoms with Crippen LogP contribution < -0.4 is 5.32 Å². The van der Waals surface area contributed by atoms with Crippen molar-refractivity contribution >= 4 is 27.5 Å². The van der Waals surface area contributed by atoms with E-state index in [-0.39, 0.29) is 29.8 Å². The molecule has 0 spiro atoms. The Labute approximate surface area is 180 Å². The first-order chi connectivity index (χ1) is 14.8. The smallest absolute Gasteiger partial charge is 0.256 e. The lowest BCUT2D eigenvalue weighted by Gasteiger charge is -2.24. The first kappa shape index (κ1) is 21.2. The van der Waals surface area contributed by atoms with Crippen LogP contribution in [0, 0.1) is 0 Å². The fourth-order valence-corrected chi connectivity index (χ4v) is 5.31. The first-order valence-electron chi connectivity index (χ1n) is 9.85. The highest BCUT2D eigenvalue weighted by Gasteiger charge is 2.38. The Hall–Kier alpha value is -3.01.